The predicted octanol–water partition coefficient (Wildman–Crippen LogP) is 4.41. The summed E-state index contributed by atoms with van der Waals surface area (Å²) in [7, 11) is 0. The minimum Gasteiger partial charge on any atom is -0.195 e. The lowest BCUT2D eigenvalue weighted by molar-refractivity contribution is -0.718. The van der Waals surface area contributed by atoms with Crippen LogP contribution in [0.25, 0.3) is 11.3 Å². The highest BCUT2D eigenvalue weighted by Crippen LogP contribution is 2.40. The summed E-state index contributed by atoms with van der Waals surface area (Å²) in [4.78, 5) is 0. The normalized spacial score (nSPS) is 20.8. The van der Waals surface area contributed by atoms with Gasteiger partial charge in [-0.05, 0) is 30.5 Å². The van der Waals surface area contributed by atoms with Gasteiger partial charge in [-0.3, -0.25) is 0 Å². The molecule has 19 heavy (non-hydrogen) atoms. The lowest BCUT2D eigenvalue weighted by atomic mass is 9.80. The van der Waals surface area contributed by atoms with Crippen molar-refractivity contribution in [1.82, 2.24) is 0 Å². The molecule has 2 heterocycles. The van der Waals surface area contributed by atoms with E-state index in [1.807, 2.05) is 0 Å². The van der Waals surface area contributed by atoms with Gasteiger partial charge in [-0.1, -0.05) is 32.0 Å². The van der Waals surface area contributed by atoms with Gasteiger partial charge in [-0.25, -0.2) is 0 Å². The number of nitrogens with zero attached hydrogens (tertiary/aromatic N) is 1. The van der Waals surface area contributed by atoms with Crippen LogP contribution in [0.5, 0.6) is 0 Å². The molecule has 0 radical (unpaired) electrons. The van der Waals surface area contributed by atoms with E-state index in [1.165, 1.54) is 35.2 Å². The lowest BCUT2D eigenvalue weighted by Crippen LogP contribution is -2.47. The number of benzene rings is 1. The molecule has 1 aromatic carbocycles. The molecule has 0 fully saturated rings. The van der Waals surface area contributed by atoms with Crippen molar-refractivity contribution in [2.24, 2.45) is 0 Å². The van der Waals surface area contributed by atoms with Crippen LogP contribution >= 0.6 is 0 Å². The number of aromatic nitrogens is 1. The van der Waals surface area contributed by atoms with E-state index < -0.39 is 0 Å². The largest absolute Gasteiger partial charge is 0.213 e. The van der Waals surface area contributed by atoms with Crippen LogP contribution in [-0.4, -0.2) is 0 Å². The van der Waals surface area contributed by atoms with Crippen molar-refractivity contribution in [3.63, 3.8) is 0 Å². The summed E-state index contributed by atoms with van der Waals surface area (Å²) in [5, 5.41) is 0. The van der Waals surface area contributed by atoms with E-state index >= 15 is 0 Å². The van der Waals surface area contributed by atoms with E-state index in [1.54, 1.807) is 0 Å². The maximum Gasteiger partial charge on any atom is 0.213 e. The van der Waals surface area contributed by atoms with Gasteiger partial charge in [0.15, 0.2) is 12.2 Å². The number of rotatable bonds is 2. The molecule has 1 aliphatic rings. The van der Waals surface area contributed by atoms with Gasteiger partial charge in [0.2, 0.25) is 5.69 Å². The van der Waals surface area contributed by atoms with E-state index in [2.05, 4.69) is 67.9 Å². The molecule has 0 saturated carbocycles. The van der Waals surface area contributed by atoms with Crippen LogP contribution in [-0.2, 0) is 0 Å². The summed E-state index contributed by atoms with van der Waals surface area (Å²) >= 11 is 0. The second kappa shape index (κ2) is 4.80. The Labute approximate surface area is 115 Å². The second-order valence-corrected chi connectivity index (χ2v) is 5.57. The van der Waals surface area contributed by atoms with E-state index in [0.717, 1.165) is 0 Å². The molecule has 0 N–H and O–H groups in total. The summed E-state index contributed by atoms with van der Waals surface area (Å²) in [5.74, 6) is 0.640. The average molecular weight is 252 g/mol. The second-order valence-electron chi connectivity index (χ2n) is 5.57. The minimum atomic E-state index is 0.593. The molecule has 2 aromatic rings. The summed E-state index contributed by atoms with van der Waals surface area (Å²) < 4.78 is 2.49. The molecule has 0 bridgehead atoms. The molecular formula is C18H22N+. The molecule has 1 heteroatoms. The molecule has 0 saturated heterocycles. The molecule has 98 valence electrons. The first-order valence-corrected chi connectivity index (χ1v) is 7.37. The lowest BCUT2D eigenvalue weighted by Gasteiger charge is -2.29. The molecule has 1 aromatic heterocycles. The van der Waals surface area contributed by atoms with Gasteiger partial charge < -0.3 is 0 Å². The third-order valence-corrected chi connectivity index (χ3v) is 4.46. The van der Waals surface area contributed by atoms with Crippen molar-refractivity contribution in [1.29, 1.82) is 0 Å². The standard InChI is InChI=1S/C18H22N/c1-4-14-15-8-6-7-9-16(15)18-12-13(3)10-11-19(18)17(14)5-2/h6-12,14,17H,4-5H2,1-3H3/q+1. The Bertz CT molecular complexity index is 600. The zero-order chi connectivity index (χ0) is 13.4. The van der Waals surface area contributed by atoms with Crippen molar-refractivity contribution >= 4 is 0 Å². The van der Waals surface area contributed by atoms with E-state index in [9.17, 15) is 0 Å². The zero-order valence-electron chi connectivity index (χ0n) is 12.1. The maximum absolute atomic E-state index is 2.49. The number of hydrogen-bond donors (Lipinski definition) is 0. The fourth-order valence-electron chi connectivity index (χ4n) is 3.55. The van der Waals surface area contributed by atoms with Crippen LogP contribution in [0.4, 0.5) is 0 Å². The molecule has 3 rings (SSSR count). The van der Waals surface area contributed by atoms with E-state index in [4.69, 9.17) is 0 Å². The highest BCUT2D eigenvalue weighted by molar-refractivity contribution is 5.64. The predicted molar refractivity (Wildman–Crippen MR) is 79.2 cm³/mol. The molecular weight excluding hydrogens is 230 g/mol. The Morgan fingerprint density at radius 3 is 2.58 bits per heavy atom. The Morgan fingerprint density at radius 2 is 1.84 bits per heavy atom. The molecule has 0 amide bonds. The van der Waals surface area contributed by atoms with Gasteiger partial charge in [-0.15, -0.1) is 0 Å². The van der Waals surface area contributed by atoms with Gasteiger partial charge in [0.1, 0.15) is 0 Å². The summed E-state index contributed by atoms with van der Waals surface area (Å²) in [6, 6.07) is 14.1. The van der Waals surface area contributed by atoms with Crippen LogP contribution in [0, 0.1) is 6.92 Å². The van der Waals surface area contributed by atoms with Crippen LogP contribution in [0.1, 0.15) is 49.8 Å². The number of aryl methyl sites for hydroxylation is 1. The van der Waals surface area contributed by atoms with Crippen molar-refractivity contribution in [2.75, 3.05) is 0 Å². The molecule has 1 nitrogen and oxygen atoms in total. The summed E-state index contributed by atoms with van der Waals surface area (Å²) in [5.41, 5.74) is 5.67. The Kier molecular flexibility index (Phi) is 3.14. The smallest absolute Gasteiger partial charge is 0.195 e. The Hall–Kier alpha value is -1.63. The van der Waals surface area contributed by atoms with Gasteiger partial charge in [0.05, 0.1) is 0 Å². The van der Waals surface area contributed by atoms with Crippen molar-refractivity contribution in [2.45, 2.75) is 45.6 Å². The van der Waals surface area contributed by atoms with Crippen molar-refractivity contribution in [3.8, 4) is 11.3 Å². The highest BCUT2D eigenvalue weighted by atomic mass is 15.0. The minimum absolute atomic E-state index is 0.593. The van der Waals surface area contributed by atoms with Gasteiger partial charge >= 0.3 is 0 Å². The maximum atomic E-state index is 2.49. The zero-order valence-corrected chi connectivity index (χ0v) is 12.1. The van der Waals surface area contributed by atoms with Gasteiger partial charge in [0, 0.05) is 30.0 Å². The van der Waals surface area contributed by atoms with Crippen LogP contribution in [0.2, 0.25) is 0 Å². The van der Waals surface area contributed by atoms with Gasteiger partial charge in [-0.2, -0.15) is 4.57 Å². The third-order valence-electron chi connectivity index (χ3n) is 4.46. The number of pyridine rings is 1. The van der Waals surface area contributed by atoms with Crippen LogP contribution < -0.4 is 4.57 Å². The number of fused-ring (bicyclic) bond motifs is 3. The molecule has 0 aliphatic carbocycles. The van der Waals surface area contributed by atoms with E-state index in [-0.39, 0.29) is 0 Å². The fraction of sp³-hybridized carbons (Fsp3) is 0.389. The van der Waals surface area contributed by atoms with Gasteiger partial charge in [0.25, 0.3) is 0 Å². The summed E-state index contributed by atoms with van der Waals surface area (Å²) in [6.07, 6.45) is 4.67. The van der Waals surface area contributed by atoms with Crippen LogP contribution in [0.15, 0.2) is 42.6 Å². The molecule has 0 spiro atoms. The third kappa shape index (κ3) is 1.88. The van der Waals surface area contributed by atoms with Crippen molar-refractivity contribution < 1.29 is 4.57 Å². The first kappa shape index (κ1) is 12.4. The van der Waals surface area contributed by atoms with Crippen LogP contribution in [0.3, 0.4) is 0 Å². The molecule has 2 atom stereocenters. The molecule has 2 unspecified atom stereocenters. The highest BCUT2D eigenvalue weighted by Gasteiger charge is 2.37. The molecule has 1 aliphatic heterocycles. The first-order valence-electron chi connectivity index (χ1n) is 7.37. The Morgan fingerprint density at radius 1 is 1.05 bits per heavy atom. The SMILES string of the molecule is CCC1c2ccccc2-c2cc(C)cc[n+]2C1CC. The Balaban J connectivity index is 2.28. The first-order chi connectivity index (χ1) is 9.26. The average Bonchev–Trinajstić information content (AvgIpc) is 2.45. The summed E-state index contributed by atoms with van der Waals surface area (Å²) in [6.45, 7) is 6.79. The fourth-order valence-corrected chi connectivity index (χ4v) is 3.55. The van der Waals surface area contributed by atoms with E-state index in [0.29, 0.717) is 12.0 Å². The van der Waals surface area contributed by atoms with Crippen molar-refractivity contribution in [3.05, 3.63) is 53.7 Å². The number of hydrogen-bond acceptors (Lipinski definition) is 0. The quantitative estimate of drug-likeness (QED) is 0.697. The monoisotopic (exact) mass is 252 g/mol. The topological polar surface area (TPSA) is 3.88 Å².